The van der Waals surface area contributed by atoms with E-state index in [0.717, 1.165) is 37.4 Å². The molecule has 1 aromatic heterocycles. The highest BCUT2D eigenvalue weighted by molar-refractivity contribution is 5.94. The van der Waals surface area contributed by atoms with E-state index in [1.54, 1.807) is 28.4 Å². The summed E-state index contributed by atoms with van der Waals surface area (Å²) in [7, 11) is 6.51. The van der Waals surface area contributed by atoms with Crippen LogP contribution >= 0.6 is 0 Å². The minimum absolute atomic E-state index is 0.559. The van der Waals surface area contributed by atoms with Crippen molar-refractivity contribution in [1.82, 2.24) is 14.9 Å². The molecule has 1 heterocycles. The van der Waals surface area contributed by atoms with Gasteiger partial charge in [-0.3, -0.25) is 4.99 Å². The number of aryl methyl sites for hydroxylation is 2. The molecule has 8 nitrogen and oxygen atoms in total. The second kappa shape index (κ2) is 10.3. The van der Waals surface area contributed by atoms with Crippen LogP contribution in [0.5, 0.6) is 17.2 Å². The summed E-state index contributed by atoms with van der Waals surface area (Å²) in [5.74, 6) is 3.46. The first-order valence-electron chi connectivity index (χ1n) is 8.88. The van der Waals surface area contributed by atoms with E-state index in [0.29, 0.717) is 23.2 Å². The van der Waals surface area contributed by atoms with Crippen LogP contribution in [0.3, 0.4) is 0 Å². The number of nitrogens with zero attached hydrogens (tertiary/aromatic N) is 3. The van der Waals surface area contributed by atoms with Crippen molar-refractivity contribution in [3.05, 3.63) is 30.4 Å². The van der Waals surface area contributed by atoms with Crippen molar-refractivity contribution in [2.45, 2.75) is 26.3 Å². The summed E-state index contributed by atoms with van der Waals surface area (Å²) >= 11 is 0. The molecule has 0 bridgehead atoms. The molecule has 2 aromatic rings. The number of aliphatic imine (C=N–C) groups is 1. The molecule has 2 rings (SSSR count). The van der Waals surface area contributed by atoms with Gasteiger partial charge in [-0.15, -0.1) is 0 Å². The van der Waals surface area contributed by atoms with Crippen LogP contribution in [-0.4, -0.2) is 50.4 Å². The molecule has 0 unspecified atom stereocenters. The average molecular weight is 375 g/mol. The maximum atomic E-state index is 5.38. The van der Waals surface area contributed by atoms with Gasteiger partial charge in [-0.25, -0.2) is 4.98 Å². The van der Waals surface area contributed by atoms with Gasteiger partial charge in [0.05, 0.1) is 21.3 Å². The summed E-state index contributed by atoms with van der Waals surface area (Å²) in [5.41, 5.74) is 0.798. The standard InChI is InChI=1S/C19H29N5O3/c1-14-21-9-11-24(14)10-7-6-8-22-19(20-2)23-15-12-16(25-3)18(27-5)17(13-15)26-4/h9,11-13H,6-8,10H2,1-5H3,(H2,20,22,23). The van der Waals surface area contributed by atoms with Crippen molar-refractivity contribution in [2.24, 2.45) is 4.99 Å². The Bertz CT molecular complexity index is 733. The van der Waals surface area contributed by atoms with Crippen molar-refractivity contribution in [3.63, 3.8) is 0 Å². The van der Waals surface area contributed by atoms with Crippen molar-refractivity contribution < 1.29 is 14.2 Å². The number of benzene rings is 1. The van der Waals surface area contributed by atoms with Gasteiger partial charge in [-0.2, -0.15) is 0 Å². The van der Waals surface area contributed by atoms with Crippen molar-refractivity contribution in [1.29, 1.82) is 0 Å². The molecule has 0 spiro atoms. The zero-order valence-corrected chi connectivity index (χ0v) is 16.7. The van der Waals surface area contributed by atoms with E-state index in [1.807, 2.05) is 31.5 Å². The number of hydrogen-bond acceptors (Lipinski definition) is 5. The third kappa shape index (κ3) is 5.54. The molecule has 2 N–H and O–H groups in total. The normalized spacial score (nSPS) is 11.2. The van der Waals surface area contributed by atoms with Crippen LogP contribution in [0.2, 0.25) is 0 Å². The van der Waals surface area contributed by atoms with Gasteiger partial charge in [-0.05, 0) is 19.8 Å². The van der Waals surface area contributed by atoms with E-state index in [2.05, 4.69) is 25.2 Å². The predicted octanol–water partition coefficient (Wildman–Crippen LogP) is 2.69. The molecule has 0 saturated carbocycles. The van der Waals surface area contributed by atoms with Gasteiger partial charge in [0.25, 0.3) is 0 Å². The molecular weight excluding hydrogens is 346 g/mol. The monoisotopic (exact) mass is 375 g/mol. The van der Waals surface area contributed by atoms with Gasteiger partial charge >= 0.3 is 0 Å². The number of ether oxygens (including phenoxy) is 3. The van der Waals surface area contributed by atoms with Crippen molar-refractivity contribution in [2.75, 3.05) is 40.2 Å². The Labute approximate surface area is 160 Å². The summed E-state index contributed by atoms with van der Waals surface area (Å²) in [6.07, 6.45) is 5.92. The first-order chi connectivity index (χ1) is 13.1. The van der Waals surface area contributed by atoms with Crippen LogP contribution in [0.4, 0.5) is 5.69 Å². The maximum absolute atomic E-state index is 5.38. The largest absolute Gasteiger partial charge is 0.493 e. The molecule has 8 heteroatoms. The minimum atomic E-state index is 0.559. The summed E-state index contributed by atoms with van der Waals surface area (Å²) < 4.78 is 18.3. The third-order valence-electron chi connectivity index (χ3n) is 4.19. The number of hydrogen-bond donors (Lipinski definition) is 2. The average Bonchev–Trinajstić information content (AvgIpc) is 3.10. The van der Waals surface area contributed by atoms with E-state index in [9.17, 15) is 0 Å². The molecule has 0 aliphatic carbocycles. The molecule has 0 radical (unpaired) electrons. The lowest BCUT2D eigenvalue weighted by Crippen LogP contribution is -2.31. The Morgan fingerprint density at radius 3 is 2.33 bits per heavy atom. The van der Waals surface area contributed by atoms with Crippen molar-refractivity contribution >= 4 is 11.6 Å². The molecule has 27 heavy (non-hydrogen) atoms. The number of methoxy groups -OCH3 is 3. The second-order valence-corrected chi connectivity index (χ2v) is 5.91. The second-order valence-electron chi connectivity index (χ2n) is 5.91. The fourth-order valence-corrected chi connectivity index (χ4v) is 2.72. The first kappa shape index (κ1) is 20.4. The van der Waals surface area contributed by atoms with Crippen LogP contribution in [-0.2, 0) is 6.54 Å². The van der Waals surface area contributed by atoms with Gasteiger partial charge < -0.3 is 29.4 Å². The number of aromatic nitrogens is 2. The lowest BCUT2D eigenvalue weighted by Gasteiger charge is -2.16. The van der Waals surface area contributed by atoms with Gasteiger partial charge in [0.15, 0.2) is 17.5 Å². The summed E-state index contributed by atoms with van der Waals surface area (Å²) in [6.45, 7) is 3.80. The third-order valence-corrected chi connectivity index (χ3v) is 4.19. The Balaban J connectivity index is 1.88. The number of nitrogens with one attached hydrogen (secondary N) is 2. The van der Waals surface area contributed by atoms with Crippen LogP contribution < -0.4 is 24.8 Å². The number of guanidine groups is 1. The topological polar surface area (TPSA) is 81.9 Å². The highest BCUT2D eigenvalue weighted by Gasteiger charge is 2.13. The lowest BCUT2D eigenvalue weighted by atomic mass is 10.2. The van der Waals surface area contributed by atoms with Crippen LogP contribution in [0.15, 0.2) is 29.5 Å². The maximum Gasteiger partial charge on any atom is 0.203 e. The fourth-order valence-electron chi connectivity index (χ4n) is 2.72. The molecule has 0 aliphatic rings. The highest BCUT2D eigenvalue weighted by atomic mass is 16.5. The Kier molecular flexibility index (Phi) is 7.79. The fraction of sp³-hybridized carbons (Fsp3) is 0.474. The molecule has 0 atom stereocenters. The van der Waals surface area contributed by atoms with Gasteiger partial charge in [0, 0.05) is 50.4 Å². The van der Waals surface area contributed by atoms with E-state index in [4.69, 9.17) is 14.2 Å². The van der Waals surface area contributed by atoms with E-state index in [-0.39, 0.29) is 0 Å². The number of rotatable bonds is 9. The summed E-state index contributed by atoms with van der Waals surface area (Å²) in [4.78, 5) is 8.50. The van der Waals surface area contributed by atoms with Crippen LogP contribution in [0, 0.1) is 6.92 Å². The molecule has 0 saturated heterocycles. The van der Waals surface area contributed by atoms with E-state index in [1.165, 1.54) is 0 Å². The molecule has 0 fully saturated rings. The molecule has 0 amide bonds. The Morgan fingerprint density at radius 1 is 1.11 bits per heavy atom. The molecular formula is C19H29N5O3. The Hall–Kier alpha value is -2.90. The van der Waals surface area contributed by atoms with Crippen LogP contribution in [0.25, 0.3) is 0 Å². The number of imidazole rings is 1. The molecule has 148 valence electrons. The van der Waals surface area contributed by atoms with Gasteiger partial charge in [0.2, 0.25) is 5.75 Å². The van der Waals surface area contributed by atoms with E-state index >= 15 is 0 Å². The van der Waals surface area contributed by atoms with Crippen molar-refractivity contribution in [3.8, 4) is 17.2 Å². The van der Waals surface area contributed by atoms with Gasteiger partial charge in [-0.1, -0.05) is 0 Å². The summed E-state index contributed by atoms with van der Waals surface area (Å²) in [6, 6.07) is 3.69. The SMILES string of the molecule is CN=C(NCCCCn1ccnc1C)Nc1cc(OC)c(OC)c(OC)c1. The number of unbranched alkanes of at least 4 members (excludes halogenated alkanes) is 1. The predicted molar refractivity (Wildman–Crippen MR) is 107 cm³/mol. The number of anilines is 1. The molecule has 1 aromatic carbocycles. The first-order valence-corrected chi connectivity index (χ1v) is 8.88. The minimum Gasteiger partial charge on any atom is -0.493 e. The zero-order valence-electron chi connectivity index (χ0n) is 16.7. The highest BCUT2D eigenvalue weighted by Crippen LogP contribution is 2.39. The Morgan fingerprint density at radius 2 is 1.81 bits per heavy atom. The summed E-state index contributed by atoms with van der Waals surface area (Å²) in [5, 5.41) is 6.57. The lowest BCUT2D eigenvalue weighted by molar-refractivity contribution is 0.324. The molecule has 0 aliphatic heterocycles. The van der Waals surface area contributed by atoms with Gasteiger partial charge in [0.1, 0.15) is 5.82 Å². The smallest absolute Gasteiger partial charge is 0.203 e. The zero-order chi connectivity index (χ0) is 19.6. The quantitative estimate of drug-likeness (QED) is 0.398. The van der Waals surface area contributed by atoms with Crippen LogP contribution in [0.1, 0.15) is 18.7 Å². The van der Waals surface area contributed by atoms with E-state index < -0.39 is 0 Å².